The molecule has 2 aliphatic rings. The molecule has 2 atom stereocenters. The summed E-state index contributed by atoms with van der Waals surface area (Å²) in [7, 11) is -3.45. The van der Waals surface area contributed by atoms with Crippen molar-refractivity contribution in [1.82, 2.24) is 4.31 Å². The molecule has 104 valence electrons. The molecule has 5 nitrogen and oxygen atoms in total. The van der Waals surface area contributed by atoms with Crippen molar-refractivity contribution in [2.24, 2.45) is 11.3 Å². The minimum Gasteiger partial charge on any atom is -0.481 e. The average molecular weight is 275 g/mol. The Morgan fingerprint density at radius 3 is 2.50 bits per heavy atom. The van der Waals surface area contributed by atoms with Crippen LogP contribution in [-0.2, 0) is 14.8 Å². The maximum absolute atomic E-state index is 12.5. The lowest BCUT2D eigenvalue weighted by molar-refractivity contribution is -0.141. The van der Waals surface area contributed by atoms with Gasteiger partial charge in [-0.3, -0.25) is 4.79 Å². The van der Waals surface area contributed by atoms with Crippen molar-refractivity contribution < 1.29 is 18.3 Å². The molecule has 0 aromatic carbocycles. The number of carboxylic acids is 1. The molecule has 6 heteroatoms. The Bertz CT molecular complexity index is 443. The lowest BCUT2D eigenvalue weighted by Crippen LogP contribution is -2.41. The summed E-state index contributed by atoms with van der Waals surface area (Å²) in [6.07, 6.45) is 2.50. The molecule has 0 radical (unpaired) electrons. The van der Waals surface area contributed by atoms with E-state index in [4.69, 9.17) is 5.11 Å². The van der Waals surface area contributed by atoms with Gasteiger partial charge in [-0.1, -0.05) is 20.3 Å². The van der Waals surface area contributed by atoms with E-state index in [0.717, 1.165) is 6.42 Å². The third kappa shape index (κ3) is 2.40. The van der Waals surface area contributed by atoms with Crippen LogP contribution >= 0.6 is 0 Å². The molecule has 1 heterocycles. The van der Waals surface area contributed by atoms with Gasteiger partial charge in [-0.25, -0.2) is 12.7 Å². The molecule has 0 aromatic rings. The summed E-state index contributed by atoms with van der Waals surface area (Å²) in [6.45, 7) is 5.13. The van der Waals surface area contributed by atoms with E-state index in [1.54, 1.807) is 0 Å². The molecule has 1 saturated heterocycles. The summed E-state index contributed by atoms with van der Waals surface area (Å²) in [5.41, 5.74) is 0.00436. The van der Waals surface area contributed by atoms with Crippen LogP contribution in [0.1, 0.15) is 39.5 Å². The van der Waals surface area contributed by atoms with Crippen molar-refractivity contribution in [3.05, 3.63) is 0 Å². The van der Waals surface area contributed by atoms with Crippen LogP contribution in [0.25, 0.3) is 0 Å². The minimum absolute atomic E-state index is 0.00436. The highest BCUT2D eigenvalue weighted by Crippen LogP contribution is 2.37. The number of hydrogen-bond acceptors (Lipinski definition) is 3. The Hall–Kier alpha value is -0.620. The van der Waals surface area contributed by atoms with Gasteiger partial charge >= 0.3 is 5.97 Å². The van der Waals surface area contributed by atoms with E-state index in [-0.39, 0.29) is 5.41 Å². The van der Waals surface area contributed by atoms with E-state index in [2.05, 4.69) is 0 Å². The quantitative estimate of drug-likeness (QED) is 0.842. The van der Waals surface area contributed by atoms with Crippen LogP contribution < -0.4 is 0 Å². The van der Waals surface area contributed by atoms with Crippen LogP contribution in [0.2, 0.25) is 0 Å². The number of carbonyl (C=O) groups is 1. The summed E-state index contributed by atoms with van der Waals surface area (Å²) in [4.78, 5) is 11.1. The minimum atomic E-state index is -3.45. The maximum Gasteiger partial charge on any atom is 0.307 e. The normalized spacial score (nSPS) is 32.8. The zero-order valence-corrected chi connectivity index (χ0v) is 11.7. The molecule has 1 N–H and O–H groups in total. The highest BCUT2D eigenvalue weighted by Gasteiger charge is 2.47. The Labute approximate surface area is 108 Å². The third-order valence-electron chi connectivity index (χ3n) is 4.15. The van der Waals surface area contributed by atoms with Crippen LogP contribution in [0.4, 0.5) is 0 Å². The number of carboxylic acid groups (broad SMARTS) is 1. The highest BCUT2D eigenvalue weighted by molar-refractivity contribution is 7.89. The number of aliphatic carboxylic acids is 1. The number of nitrogens with zero attached hydrogens (tertiary/aromatic N) is 1. The predicted octanol–water partition coefficient (Wildman–Crippen LogP) is 1.30. The topological polar surface area (TPSA) is 74.7 Å². The summed E-state index contributed by atoms with van der Waals surface area (Å²) >= 11 is 0. The molecule has 1 aliphatic heterocycles. The Kier molecular flexibility index (Phi) is 3.44. The lowest BCUT2D eigenvalue weighted by atomic mass is 9.93. The van der Waals surface area contributed by atoms with Gasteiger partial charge in [0.1, 0.15) is 0 Å². The van der Waals surface area contributed by atoms with E-state index in [9.17, 15) is 13.2 Å². The molecule has 0 aromatic heterocycles. The van der Waals surface area contributed by atoms with Crippen molar-refractivity contribution in [1.29, 1.82) is 0 Å². The van der Waals surface area contributed by atoms with E-state index in [1.165, 1.54) is 4.31 Å². The fraction of sp³-hybridized carbons (Fsp3) is 0.917. The van der Waals surface area contributed by atoms with Crippen LogP contribution in [-0.4, -0.2) is 42.1 Å². The predicted molar refractivity (Wildman–Crippen MR) is 67.7 cm³/mol. The van der Waals surface area contributed by atoms with Gasteiger partial charge in [-0.15, -0.1) is 0 Å². The Morgan fingerprint density at radius 1 is 1.33 bits per heavy atom. The van der Waals surface area contributed by atoms with Gasteiger partial charge in [-0.05, 0) is 24.7 Å². The first-order valence-corrected chi connectivity index (χ1v) is 7.96. The standard InChI is InChI=1S/C12H21NO4S/c1-12(2)6-7-13(8-12)18(16,17)10-5-3-4-9(10)11(14)15/h9-10H,3-8H2,1-2H3,(H,14,15). The Balaban J connectivity index is 2.19. The Morgan fingerprint density at radius 2 is 2.00 bits per heavy atom. The largest absolute Gasteiger partial charge is 0.481 e. The second kappa shape index (κ2) is 4.49. The molecular formula is C12H21NO4S. The molecule has 2 fully saturated rings. The smallest absolute Gasteiger partial charge is 0.307 e. The van der Waals surface area contributed by atoms with Crippen molar-refractivity contribution >= 4 is 16.0 Å². The first kappa shape index (κ1) is 13.8. The van der Waals surface area contributed by atoms with Crippen LogP contribution in [0, 0.1) is 11.3 Å². The van der Waals surface area contributed by atoms with Gasteiger partial charge in [0.15, 0.2) is 0 Å². The van der Waals surface area contributed by atoms with Crippen LogP contribution in [0.3, 0.4) is 0 Å². The lowest BCUT2D eigenvalue weighted by Gasteiger charge is -2.25. The summed E-state index contributed by atoms with van der Waals surface area (Å²) in [5.74, 6) is -1.70. The fourth-order valence-corrected chi connectivity index (χ4v) is 5.43. The third-order valence-corrected chi connectivity index (χ3v) is 6.52. The first-order valence-electron chi connectivity index (χ1n) is 6.46. The van der Waals surface area contributed by atoms with Gasteiger partial charge in [0.25, 0.3) is 0 Å². The van der Waals surface area contributed by atoms with Gasteiger partial charge < -0.3 is 5.11 Å². The second-order valence-electron chi connectivity index (χ2n) is 6.21. The summed E-state index contributed by atoms with van der Waals surface area (Å²) in [6, 6.07) is 0. The molecule has 0 bridgehead atoms. The van der Waals surface area contributed by atoms with Gasteiger partial charge in [0, 0.05) is 13.1 Å². The van der Waals surface area contributed by atoms with E-state index in [0.29, 0.717) is 32.4 Å². The molecule has 2 rings (SSSR count). The van der Waals surface area contributed by atoms with Crippen molar-refractivity contribution in [2.45, 2.75) is 44.8 Å². The summed E-state index contributed by atoms with van der Waals surface area (Å²) < 4.78 is 26.5. The zero-order valence-electron chi connectivity index (χ0n) is 10.9. The molecule has 1 saturated carbocycles. The molecule has 2 unspecified atom stereocenters. The van der Waals surface area contributed by atoms with E-state index in [1.807, 2.05) is 13.8 Å². The number of sulfonamides is 1. The molecule has 18 heavy (non-hydrogen) atoms. The summed E-state index contributed by atoms with van der Waals surface area (Å²) in [5, 5.41) is 8.39. The van der Waals surface area contributed by atoms with Gasteiger partial charge in [0.2, 0.25) is 10.0 Å². The van der Waals surface area contributed by atoms with Crippen molar-refractivity contribution in [2.75, 3.05) is 13.1 Å². The molecule has 1 aliphatic carbocycles. The van der Waals surface area contributed by atoms with Gasteiger partial charge in [-0.2, -0.15) is 0 Å². The van der Waals surface area contributed by atoms with Crippen molar-refractivity contribution in [3.63, 3.8) is 0 Å². The van der Waals surface area contributed by atoms with E-state index >= 15 is 0 Å². The van der Waals surface area contributed by atoms with Crippen LogP contribution in [0.5, 0.6) is 0 Å². The van der Waals surface area contributed by atoms with Crippen molar-refractivity contribution in [3.8, 4) is 0 Å². The molecular weight excluding hydrogens is 254 g/mol. The molecule has 0 spiro atoms. The monoisotopic (exact) mass is 275 g/mol. The van der Waals surface area contributed by atoms with Gasteiger partial charge in [0.05, 0.1) is 11.2 Å². The zero-order chi connectivity index (χ0) is 13.6. The maximum atomic E-state index is 12.5. The average Bonchev–Trinajstić information content (AvgIpc) is 2.83. The second-order valence-corrected chi connectivity index (χ2v) is 8.36. The highest BCUT2D eigenvalue weighted by atomic mass is 32.2. The van der Waals surface area contributed by atoms with Crippen LogP contribution in [0.15, 0.2) is 0 Å². The first-order chi connectivity index (χ1) is 8.24. The number of hydrogen-bond donors (Lipinski definition) is 1. The number of rotatable bonds is 3. The van der Waals surface area contributed by atoms with E-state index < -0.39 is 27.2 Å². The fourth-order valence-electron chi connectivity index (χ4n) is 3.04. The molecule has 0 amide bonds. The SMILES string of the molecule is CC1(C)CCN(S(=O)(=O)C2CCCC2C(=O)O)C1.